The molecule has 4 heteroatoms. The lowest BCUT2D eigenvalue weighted by atomic mass is 9.98. The molecule has 0 spiro atoms. The van der Waals surface area contributed by atoms with E-state index in [1.807, 2.05) is 12.3 Å². The van der Waals surface area contributed by atoms with Crippen LogP contribution in [0.4, 0.5) is 5.69 Å². The smallest absolute Gasteiger partial charge is 0.143 e. The average molecular weight is 332 g/mol. The van der Waals surface area contributed by atoms with Gasteiger partial charge in [0.1, 0.15) is 5.15 Å². The van der Waals surface area contributed by atoms with Crippen molar-refractivity contribution in [3.05, 3.63) is 21.9 Å². The lowest BCUT2D eigenvalue weighted by Gasteiger charge is -2.18. The molecule has 1 aromatic heterocycles. The number of rotatable bonds is 3. The molecule has 0 bridgehead atoms. The first-order valence-corrected chi connectivity index (χ1v) is 7.93. The summed E-state index contributed by atoms with van der Waals surface area (Å²) in [5.41, 5.74) is 1.06. The molecule has 1 N–H and O–H groups in total. The molecule has 2 rings (SSSR count). The topological polar surface area (TPSA) is 24.9 Å². The van der Waals surface area contributed by atoms with Crippen LogP contribution in [0.3, 0.4) is 0 Å². The molecule has 2 unspecified atom stereocenters. The molecule has 1 saturated carbocycles. The van der Waals surface area contributed by atoms with Gasteiger partial charge in [0.05, 0.1) is 16.4 Å². The Morgan fingerprint density at radius 3 is 2.94 bits per heavy atom. The SMILES string of the molecule is CCC1CCCC(Nc2cnc(Cl)c(Br)c2)CC1. The molecular formula is C14H20BrClN2. The van der Waals surface area contributed by atoms with Crippen molar-refractivity contribution in [2.24, 2.45) is 5.92 Å². The van der Waals surface area contributed by atoms with E-state index in [0.29, 0.717) is 11.2 Å². The van der Waals surface area contributed by atoms with Gasteiger partial charge >= 0.3 is 0 Å². The van der Waals surface area contributed by atoms with E-state index in [1.165, 1.54) is 38.5 Å². The summed E-state index contributed by atoms with van der Waals surface area (Å²) in [6, 6.07) is 2.59. The van der Waals surface area contributed by atoms with Crippen molar-refractivity contribution >= 4 is 33.2 Å². The monoisotopic (exact) mass is 330 g/mol. The van der Waals surface area contributed by atoms with Crippen LogP contribution in [0.25, 0.3) is 0 Å². The highest BCUT2D eigenvalue weighted by Crippen LogP contribution is 2.28. The lowest BCUT2D eigenvalue weighted by molar-refractivity contribution is 0.444. The van der Waals surface area contributed by atoms with E-state index in [-0.39, 0.29) is 0 Å². The molecule has 0 aliphatic heterocycles. The predicted molar refractivity (Wildman–Crippen MR) is 81.2 cm³/mol. The summed E-state index contributed by atoms with van der Waals surface area (Å²) in [4.78, 5) is 4.15. The van der Waals surface area contributed by atoms with Gasteiger partial charge in [-0.3, -0.25) is 0 Å². The van der Waals surface area contributed by atoms with Gasteiger partial charge in [-0.05, 0) is 47.2 Å². The second kappa shape index (κ2) is 6.76. The first-order valence-electron chi connectivity index (χ1n) is 6.76. The van der Waals surface area contributed by atoms with Gasteiger partial charge in [-0.25, -0.2) is 4.98 Å². The van der Waals surface area contributed by atoms with Crippen molar-refractivity contribution < 1.29 is 0 Å². The lowest BCUT2D eigenvalue weighted by Crippen LogP contribution is -2.18. The Balaban J connectivity index is 1.94. The average Bonchev–Trinajstić information content (AvgIpc) is 2.59. The van der Waals surface area contributed by atoms with E-state index in [2.05, 4.69) is 33.2 Å². The maximum absolute atomic E-state index is 5.90. The van der Waals surface area contributed by atoms with Crippen LogP contribution >= 0.6 is 27.5 Å². The predicted octanol–water partition coefficient (Wildman–Crippen LogP) is 5.27. The molecule has 1 aliphatic carbocycles. The van der Waals surface area contributed by atoms with Crippen molar-refractivity contribution in [2.75, 3.05) is 5.32 Å². The number of halogens is 2. The number of hydrogen-bond acceptors (Lipinski definition) is 2. The zero-order valence-corrected chi connectivity index (χ0v) is 13.1. The molecule has 0 amide bonds. The summed E-state index contributed by atoms with van der Waals surface area (Å²) in [5.74, 6) is 0.923. The van der Waals surface area contributed by atoms with E-state index >= 15 is 0 Å². The van der Waals surface area contributed by atoms with E-state index in [9.17, 15) is 0 Å². The Kier molecular flexibility index (Phi) is 5.31. The van der Waals surface area contributed by atoms with Gasteiger partial charge in [-0.2, -0.15) is 0 Å². The van der Waals surface area contributed by atoms with E-state index in [0.717, 1.165) is 16.1 Å². The van der Waals surface area contributed by atoms with Gasteiger partial charge in [0.2, 0.25) is 0 Å². The minimum absolute atomic E-state index is 0.521. The van der Waals surface area contributed by atoms with Gasteiger partial charge in [-0.15, -0.1) is 0 Å². The minimum atomic E-state index is 0.521. The van der Waals surface area contributed by atoms with E-state index < -0.39 is 0 Å². The maximum atomic E-state index is 5.90. The fourth-order valence-electron chi connectivity index (χ4n) is 2.67. The third kappa shape index (κ3) is 3.86. The molecule has 0 radical (unpaired) electrons. The minimum Gasteiger partial charge on any atom is -0.381 e. The molecule has 0 aromatic carbocycles. The standard InChI is InChI=1S/C14H20BrClN2/c1-2-10-4-3-5-11(7-6-10)18-12-8-13(15)14(16)17-9-12/h8-11,18H,2-7H2,1H3. The summed E-state index contributed by atoms with van der Waals surface area (Å²) < 4.78 is 0.856. The van der Waals surface area contributed by atoms with Gasteiger partial charge in [0.15, 0.2) is 0 Å². The van der Waals surface area contributed by atoms with Crippen LogP contribution in [0.5, 0.6) is 0 Å². The fourth-order valence-corrected chi connectivity index (χ4v) is 3.12. The number of hydrogen-bond donors (Lipinski definition) is 1. The van der Waals surface area contributed by atoms with Crippen LogP contribution in [0, 0.1) is 5.92 Å². The Morgan fingerprint density at radius 1 is 1.39 bits per heavy atom. The van der Waals surface area contributed by atoms with Crippen molar-refractivity contribution in [1.29, 1.82) is 0 Å². The van der Waals surface area contributed by atoms with Crippen LogP contribution in [-0.4, -0.2) is 11.0 Å². The van der Waals surface area contributed by atoms with Crippen LogP contribution in [0.1, 0.15) is 45.4 Å². The van der Waals surface area contributed by atoms with Crippen molar-refractivity contribution in [3.8, 4) is 0 Å². The van der Waals surface area contributed by atoms with Crippen molar-refractivity contribution in [1.82, 2.24) is 4.98 Å². The van der Waals surface area contributed by atoms with Gasteiger partial charge < -0.3 is 5.32 Å². The molecule has 1 fully saturated rings. The zero-order valence-electron chi connectivity index (χ0n) is 10.8. The number of anilines is 1. The Hall–Kier alpha value is -0.280. The van der Waals surface area contributed by atoms with E-state index in [1.54, 1.807) is 0 Å². The highest BCUT2D eigenvalue weighted by Gasteiger charge is 2.17. The molecule has 2 nitrogen and oxygen atoms in total. The van der Waals surface area contributed by atoms with Crippen LogP contribution in [0.15, 0.2) is 16.7 Å². The number of nitrogens with zero attached hydrogens (tertiary/aromatic N) is 1. The summed E-state index contributed by atoms with van der Waals surface area (Å²) in [7, 11) is 0. The fraction of sp³-hybridized carbons (Fsp3) is 0.643. The quantitative estimate of drug-likeness (QED) is 0.603. The molecule has 1 heterocycles. The molecule has 0 saturated heterocycles. The van der Waals surface area contributed by atoms with Gasteiger partial charge in [0.25, 0.3) is 0 Å². The normalized spacial score (nSPS) is 24.6. The molecular weight excluding hydrogens is 312 g/mol. The second-order valence-electron chi connectivity index (χ2n) is 5.12. The Morgan fingerprint density at radius 2 is 2.22 bits per heavy atom. The highest BCUT2D eigenvalue weighted by atomic mass is 79.9. The third-order valence-electron chi connectivity index (χ3n) is 3.83. The second-order valence-corrected chi connectivity index (χ2v) is 6.33. The highest BCUT2D eigenvalue weighted by molar-refractivity contribution is 9.10. The third-order valence-corrected chi connectivity index (χ3v) is 4.97. The maximum Gasteiger partial charge on any atom is 0.143 e. The molecule has 100 valence electrons. The largest absolute Gasteiger partial charge is 0.381 e. The number of nitrogens with one attached hydrogen (secondary N) is 1. The zero-order chi connectivity index (χ0) is 13.0. The molecule has 18 heavy (non-hydrogen) atoms. The summed E-state index contributed by atoms with van der Waals surface area (Å²) >= 11 is 9.31. The Labute approximate surface area is 123 Å². The number of pyridine rings is 1. The van der Waals surface area contributed by atoms with Crippen LogP contribution in [-0.2, 0) is 0 Å². The van der Waals surface area contributed by atoms with Crippen LogP contribution in [0.2, 0.25) is 5.15 Å². The molecule has 1 aromatic rings. The van der Waals surface area contributed by atoms with Gasteiger partial charge in [0, 0.05) is 6.04 Å². The molecule has 2 atom stereocenters. The van der Waals surface area contributed by atoms with Gasteiger partial charge in [-0.1, -0.05) is 37.8 Å². The summed E-state index contributed by atoms with van der Waals surface area (Å²) in [6.45, 7) is 2.30. The first kappa shape index (κ1) is 14.1. The number of aromatic nitrogens is 1. The summed E-state index contributed by atoms with van der Waals surface area (Å²) in [5, 5.41) is 4.10. The first-order chi connectivity index (χ1) is 8.69. The van der Waals surface area contributed by atoms with Crippen molar-refractivity contribution in [3.63, 3.8) is 0 Å². The summed E-state index contributed by atoms with van der Waals surface area (Å²) in [6.07, 6.45) is 9.72. The van der Waals surface area contributed by atoms with E-state index in [4.69, 9.17) is 11.6 Å². The van der Waals surface area contributed by atoms with Crippen molar-refractivity contribution in [2.45, 2.75) is 51.5 Å². The Bertz CT molecular complexity index is 397. The van der Waals surface area contributed by atoms with Crippen LogP contribution < -0.4 is 5.32 Å². The molecule has 1 aliphatic rings.